The van der Waals surface area contributed by atoms with Gasteiger partial charge in [0.15, 0.2) is 11.5 Å². The van der Waals surface area contributed by atoms with Gasteiger partial charge in [-0.05, 0) is 50.4 Å². The van der Waals surface area contributed by atoms with E-state index in [4.69, 9.17) is 9.47 Å². The molecule has 1 aliphatic rings. The van der Waals surface area contributed by atoms with Gasteiger partial charge in [-0.25, -0.2) is 0 Å². The Kier molecular flexibility index (Phi) is 5.44. The normalized spacial score (nSPS) is 21.7. The second-order valence-electron chi connectivity index (χ2n) is 5.53. The molecule has 0 aromatic heterocycles. The minimum Gasteiger partial charge on any atom is -0.493 e. The molecular formula is C16H24N2O3. The number of rotatable bonds is 5. The highest BCUT2D eigenvalue weighted by Crippen LogP contribution is 2.27. The third-order valence-corrected chi connectivity index (χ3v) is 3.96. The maximum absolute atomic E-state index is 12.2. The molecule has 116 valence electrons. The zero-order valence-electron chi connectivity index (χ0n) is 12.9. The zero-order valence-corrected chi connectivity index (χ0v) is 12.9. The van der Waals surface area contributed by atoms with Crippen molar-refractivity contribution in [2.75, 3.05) is 27.3 Å². The summed E-state index contributed by atoms with van der Waals surface area (Å²) in [5, 5.41) is 6.44. The van der Waals surface area contributed by atoms with Crippen molar-refractivity contribution in [2.45, 2.75) is 25.8 Å². The van der Waals surface area contributed by atoms with Crippen molar-refractivity contribution >= 4 is 5.91 Å². The molecule has 1 fully saturated rings. The van der Waals surface area contributed by atoms with Crippen LogP contribution < -0.4 is 20.1 Å². The highest BCUT2D eigenvalue weighted by molar-refractivity contribution is 5.94. The van der Waals surface area contributed by atoms with Crippen molar-refractivity contribution in [3.05, 3.63) is 23.8 Å². The number of amides is 1. The summed E-state index contributed by atoms with van der Waals surface area (Å²) >= 11 is 0. The fourth-order valence-electron chi connectivity index (χ4n) is 2.55. The molecule has 1 amide bonds. The summed E-state index contributed by atoms with van der Waals surface area (Å²) < 4.78 is 10.4. The lowest BCUT2D eigenvalue weighted by Crippen LogP contribution is -2.41. The maximum atomic E-state index is 12.2. The fourth-order valence-corrected chi connectivity index (χ4v) is 2.55. The number of carbonyl (C=O) groups is 1. The summed E-state index contributed by atoms with van der Waals surface area (Å²) in [6.07, 6.45) is 2.32. The first-order valence-electron chi connectivity index (χ1n) is 7.37. The molecule has 0 radical (unpaired) electrons. The number of hydrogen-bond acceptors (Lipinski definition) is 4. The Balaban J connectivity index is 1.91. The van der Waals surface area contributed by atoms with Crippen molar-refractivity contribution in [3.8, 4) is 11.5 Å². The molecule has 0 spiro atoms. The molecule has 0 saturated carbocycles. The first-order chi connectivity index (χ1) is 10.1. The van der Waals surface area contributed by atoms with Crippen LogP contribution in [0.1, 0.15) is 30.1 Å². The number of benzene rings is 1. The van der Waals surface area contributed by atoms with Gasteiger partial charge < -0.3 is 20.1 Å². The fraction of sp³-hybridized carbons (Fsp3) is 0.562. The van der Waals surface area contributed by atoms with Gasteiger partial charge in [0.25, 0.3) is 5.91 Å². The Hall–Kier alpha value is -1.75. The topological polar surface area (TPSA) is 59.6 Å². The van der Waals surface area contributed by atoms with Gasteiger partial charge in [-0.15, -0.1) is 0 Å². The molecule has 2 unspecified atom stereocenters. The molecule has 2 rings (SSSR count). The van der Waals surface area contributed by atoms with Crippen LogP contribution in [0.2, 0.25) is 0 Å². The van der Waals surface area contributed by atoms with E-state index in [0.29, 0.717) is 35.6 Å². The average Bonchev–Trinajstić information content (AvgIpc) is 2.53. The van der Waals surface area contributed by atoms with Crippen molar-refractivity contribution in [3.63, 3.8) is 0 Å². The van der Waals surface area contributed by atoms with Crippen LogP contribution in [0.15, 0.2) is 18.2 Å². The van der Waals surface area contributed by atoms with Gasteiger partial charge in [-0.3, -0.25) is 4.79 Å². The Bertz CT molecular complexity index is 482. The van der Waals surface area contributed by atoms with Crippen molar-refractivity contribution < 1.29 is 14.3 Å². The zero-order chi connectivity index (χ0) is 15.2. The van der Waals surface area contributed by atoms with Crippen molar-refractivity contribution in [1.29, 1.82) is 0 Å². The van der Waals surface area contributed by atoms with E-state index in [1.54, 1.807) is 32.4 Å². The van der Waals surface area contributed by atoms with Crippen LogP contribution in [0.25, 0.3) is 0 Å². The number of piperidine rings is 1. The van der Waals surface area contributed by atoms with Crippen molar-refractivity contribution in [1.82, 2.24) is 10.6 Å². The number of ether oxygens (including phenoxy) is 2. The Morgan fingerprint density at radius 3 is 2.67 bits per heavy atom. The van der Waals surface area contributed by atoms with Gasteiger partial charge in [-0.2, -0.15) is 0 Å². The average molecular weight is 292 g/mol. The number of hydrogen-bond donors (Lipinski definition) is 2. The summed E-state index contributed by atoms with van der Waals surface area (Å²) in [5.41, 5.74) is 0.588. The Labute approximate surface area is 126 Å². The van der Waals surface area contributed by atoms with Gasteiger partial charge >= 0.3 is 0 Å². The van der Waals surface area contributed by atoms with E-state index in [2.05, 4.69) is 17.6 Å². The van der Waals surface area contributed by atoms with Crippen LogP contribution in [0.5, 0.6) is 11.5 Å². The second kappa shape index (κ2) is 7.31. The maximum Gasteiger partial charge on any atom is 0.251 e. The minimum atomic E-state index is -0.0745. The molecule has 0 bridgehead atoms. The van der Waals surface area contributed by atoms with E-state index in [1.165, 1.54) is 0 Å². The summed E-state index contributed by atoms with van der Waals surface area (Å²) in [6.45, 7) is 3.86. The highest BCUT2D eigenvalue weighted by atomic mass is 16.5. The lowest BCUT2D eigenvalue weighted by molar-refractivity contribution is 0.0943. The lowest BCUT2D eigenvalue weighted by Gasteiger charge is -2.27. The predicted octanol–water partition coefficient (Wildman–Crippen LogP) is 1.82. The molecule has 0 aliphatic carbocycles. The smallest absolute Gasteiger partial charge is 0.251 e. The molecule has 5 nitrogen and oxygen atoms in total. The van der Waals surface area contributed by atoms with Crippen molar-refractivity contribution in [2.24, 2.45) is 5.92 Å². The molecule has 21 heavy (non-hydrogen) atoms. The van der Waals surface area contributed by atoms with E-state index < -0.39 is 0 Å². The van der Waals surface area contributed by atoms with Crippen LogP contribution in [-0.2, 0) is 0 Å². The van der Waals surface area contributed by atoms with Crippen LogP contribution >= 0.6 is 0 Å². The third kappa shape index (κ3) is 4.11. The predicted molar refractivity (Wildman–Crippen MR) is 82.1 cm³/mol. The summed E-state index contributed by atoms with van der Waals surface area (Å²) in [5.74, 6) is 1.62. The Morgan fingerprint density at radius 1 is 1.29 bits per heavy atom. The molecule has 2 atom stereocenters. The summed E-state index contributed by atoms with van der Waals surface area (Å²) in [7, 11) is 3.14. The van der Waals surface area contributed by atoms with E-state index in [0.717, 1.165) is 19.4 Å². The van der Waals surface area contributed by atoms with Gasteiger partial charge in [0, 0.05) is 18.2 Å². The molecule has 1 heterocycles. The van der Waals surface area contributed by atoms with E-state index in [1.807, 2.05) is 0 Å². The van der Waals surface area contributed by atoms with Gasteiger partial charge in [0.05, 0.1) is 14.2 Å². The monoisotopic (exact) mass is 292 g/mol. The van der Waals surface area contributed by atoms with Gasteiger partial charge in [0.1, 0.15) is 0 Å². The number of carbonyl (C=O) groups excluding carboxylic acids is 1. The first-order valence-corrected chi connectivity index (χ1v) is 7.37. The summed E-state index contributed by atoms with van der Waals surface area (Å²) in [4.78, 5) is 12.2. The second-order valence-corrected chi connectivity index (χ2v) is 5.53. The van der Waals surface area contributed by atoms with Gasteiger partial charge in [0.2, 0.25) is 0 Å². The lowest BCUT2D eigenvalue weighted by atomic mass is 9.95. The molecule has 1 aliphatic heterocycles. The largest absolute Gasteiger partial charge is 0.493 e. The van der Waals surface area contributed by atoms with Crippen LogP contribution in [-0.4, -0.2) is 39.3 Å². The molecule has 1 saturated heterocycles. The Morgan fingerprint density at radius 2 is 2.05 bits per heavy atom. The SMILES string of the molecule is COc1ccc(C(=O)NCC2CCC(C)NC2)cc1OC. The first kappa shape index (κ1) is 15.6. The summed E-state index contributed by atoms with van der Waals surface area (Å²) in [6, 6.07) is 5.79. The molecule has 2 N–H and O–H groups in total. The van der Waals surface area contributed by atoms with E-state index >= 15 is 0 Å². The molecule has 5 heteroatoms. The number of methoxy groups -OCH3 is 2. The van der Waals surface area contributed by atoms with Gasteiger partial charge in [-0.1, -0.05) is 0 Å². The van der Waals surface area contributed by atoms with Crippen LogP contribution in [0.4, 0.5) is 0 Å². The molecule has 1 aromatic rings. The number of nitrogens with one attached hydrogen (secondary N) is 2. The van der Waals surface area contributed by atoms with Crippen LogP contribution in [0, 0.1) is 5.92 Å². The highest BCUT2D eigenvalue weighted by Gasteiger charge is 2.18. The van der Waals surface area contributed by atoms with E-state index in [-0.39, 0.29) is 5.91 Å². The minimum absolute atomic E-state index is 0.0745. The molecule has 1 aromatic carbocycles. The molecular weight excluding hydrogens is 268 g/mol. The quantitative estimate of drug-likeness (QED) is 0.869. The van der Waals surface area contributed by atoms with E-state index in [9.17, 15) is 4.79 Å². The third-order valence-electron chi connectivity index (χ3n) is 3.96. The van der Waals surface area contributed by atoms with Crippen LogP contribution in [0.3, 0.4) is 0 Å². The standard InChI is InChI=1S/C16H24N2O3/c1-11-4-5-12(9-17-11)10-18-16(19)13-6-7-14(20-2)15(8-13)21-3/h6-8,11-12,17H,4-5,9-10H2,1-3H3,(H,18,19).